The highest BCUT2D eigenvalue weighted by molar-refractivity contribution is 6.30. The molecule has 0 radical (unpaired) electrons. The first-order valence-electron chi connectivity index (χ1n) is 10.1. The monoisotopic (exact) mass is 463 g/mol. The van der Waals surface area contributed by atoms with Crippen LogP contribution in [0.25, 0.3) is 11.0 Å². The van der Waals surface area contributed by atoms with Crippen LogP contribution in [-0.4, -0.2) is 36.8 Å². The van der Waals surface area contributed by atoms with E-state index in [4.69, 9.17) is 11.6 Å². The summed E-state index contributed by atoms with van der Waals surface area (Å²) in [6.07, 6.45) is 4.60. The van der Waals surface area contributed by atoms with Crippen LogP contribution in [0.15, 0.2) is 65.8 Å². The Morgan fingerprint density at radius 1 is 1.06 bits per heavy atom. The van der Waals surface area contributed by atoms with Gasteiger partial charge >= 0.3 is 0 Å². The van der Waals surface area contributed by atoms with Crippen LogP contribution < -0.4 is 11.0 Å². The molecule has 166 valence electrons. The smallest absolute Gasteiger partial charge is 0.280 e. The highest BCUT2D eigenvalue weighted by Gasteiger charge is 2.20. The van der Waals surface area contributed by atoms with Gasteiger partial charge in [0.25, 0.3) is 5.56 Å². The molecule has 33 heavy (non-hydrogen) atoms. The molecule has 0 fully saturated rings. The lowest BCUT2D eigenvalue weighted by Crippen LogP contribution is -2.36. The second-order valence-electron chi connectivity index (χ2n) is 7.17. The van der Waals surface area contributed by atoms with E-state index in [0.29, 0.717) is 16.0 Å². The molecule has 0 aliphatic rings. The van der Waals surface area contributed by atoms with Crippen LogP contribution in [-0.2, 0) is 11.2 Å². The first kappa shape index (κ1) is 22.1. The van der Waals surface area contributed by atoms with E-state index in [1.54, 1.807) is 43.5 Å². The van der Waals surface area contributed by atoms with Crippen molar-refractivity contribution >= 4 is 40.2 Å². The molecule has 0 saturated heterocycles. The van der Waals surface area contributed by atoms with Gasteiger partial charge in [0, 0.05) is 35.4 Å². The van der Waals surface area contributed by atoms with Crippen molar-refractivity contribution in [2.75, 3.05) is 5.43 Å². The minimum Gasteiger partial charge on any atom is -0.285 e. The number of hydrogen-bond donors (Lipinski definition) is 1. The molecular weight excluding hydrogens is 446 g/mol. The number of ketones is 1. The molecule has 4 aromatic rings. The molecule has 0 aliphatic carbocycles. The fraction of sp³-hybridized carbons (Fsp3) is 0.130. The number of nitrogens with zero attached hydrogens (tertiary/aromatic N) is 4. The first-order valence-corrected chi connectivity index (χ1v) is 10.4. The fourth-order valence-electron chi connectivity index (χ4n) is 3.24. The van der Waals surface area contributed by atoms with Crippen LogP contribution in [0.1, 0.15) is 39.9 Å². The molecule has 9 nitrogen and oxygen atoms in total. The maximum atomic E-state index is 13.0. The van der Waals surface area contributed by atoms with Gasteiger partial charge in [0.15, 0.2) is 5.65 Å². The van der Waals surface area contributed by atoms with Crippen LogP contribution >= 0.6 is 11.6 Å². The molecule has 10 heteroatoms. The van der Waals surface area contributed by atoms with Gasteiger partial charge in [0.2, 0.25) is 23.4 Å². The Hall–Kier alpha value is -4.11. The van der Waals surface area contributed by atoms with E-state index in [0.717, 1.165) is 4.68 Å². The molecule has 0 atom stereocenters. The fourth-order valence-corrected chi connectivity index (χ4v) is 3.36. The van der Waals surface area contributed by atoms with E-state index in [1.807, 2.05) is 0 Å². The standard InChI is InChI=1S/C23H18ClN5O4/c1-2-19(31)28-11-9-15-13-25-21(26-22(15)28)20(32)17-4-3-10-29(23(17)33)27-18(30)12-14-5-7-16(24)8-6-14/h3-11,13H,2,12H2,1H3,(H,27,30). The lowest BCUT2D eigenvalue weighted by molar-refractivity contribution is -0.116. The number of pyridine rings is 1. The number of benzene rings is 1. The number of aromatic nitrogens is 4. The lowest BCUT2D eigenvalue weighted by atomic mass is 10.1. The maximum absolute atomic E-state index is 13.0. The number of fused-ring (bicyclic) bond motifs is 1. The van der Waals surface area contributed by atoms with Gasteiger partial charge in [-0.1, -0.05) is 30.7 Å². The predicted molar refractivity (Wildman–Crippen MR) is 122 cm³/mol. The van der Waals surface area contributed by atoms with E-state index >= 15 is 0 Å². The Morgan fingerprint density at radius 2 is 1.82 bits per heavy atom. The molecule has 0 unspecified atom stereocenters. The molecular formula is C23H18ClN5O4. The number of halogens is 1. The van der Waals surface area contributed by atoms with E-state index in [2.05, 4.69) is 15.4 Å². The van der Waals surface area contributed by atoms with Gasteiger partial charge < -0.3 is 0 Å². The average molecular weight is 464 g/mol. The number of carbonyl (C=O) groups excluding carboxylic acids is 3. The van der Waals surface area contributed by atoms with Gasteiger partial charge in [-0.2, -0.15) is 0 Å². The summed E-state index contributed by atoms with van der Waals surface area (Å²) >= 11 is 5.85. The number of hydrogen-bond acceptors (Lipinski definition) is 6. The minimum absolute atomic E-state index is 0.0179. The molecule has 1 amide bonds. The van der Waals surface area contributed by atoms with Crippen LogP contribution in [0.3, 0.4) is 0 Å². The average Bonchev–Trinajstić information content (AvgIpc) is 3.24. The van der Waals surface area contributed by atoms with E-state index in [-0.39, 0.29) is 35.8 Å². The topological polar surface area (TPSA) is 116 Å². The van der Waals surface area contributed by atoms with E-state index < -0.39 is 17.2 Å². The summed E-state index contributed by atoms with van der Waals surface area (Å²) in [7, 11) is 0. The van der Waals surface area contributed by atoms with Crippen molar-refractivity contribution in [3.8, 4) is 0 Å². The number of nitrogens with one attached hydrogen (secondary N) is 1. The van der Waals surface area contributed by atoms with Crippen LogP contribution in [0.4, 0.5) is 0 Å². The first-order chi connectivity index (χ1) is 15.9. The molecule has 0 spiro atoms. The zero-order valence-electron chi connectivity index (χ0n) is 17.5. The predicted octanol–water partition coefficient (Wildman–Crippen LogP) is 2.84. The molecule has 0 saturated carbocycles. The zero-order valence-corrected chi connectivity index (χ0v) is 18.2. The van der Waals surface area contributed by atoms with E-state index in [1.165, 1.54) is 29.1 Å². The summed E-state index contributed by atoms with van der Waals surface area (Å²) in [5, 5.41) is 1.14. The van der Waals surface area contributed by atoms with Gasteiger partial charge in [0.1, 0.15) is 0 Å². The van der Waals surface area contributed by atoms with Crippen molar-refractivity contribution in [1.82, 2.24) is 19.2 Å². The third kappa shape index (κ3) is 4.58. The molecule has 1 aromatic carbocycles. The number of amides is 1. The summed E-state index contributed by atoms with van der Waals surface area (Å²) < 4.78 is 2.28. The summed E-state index contributed by atoms with van der Waals surface area (Å²) in [5.41, 5.74) is 2.52. The normalized spacial score (nSPS) is 10.8. The maximum Gasteiger partial charge on any atom is 0.280 e. The van der Waals surface area contributed by atoms with Gasteiger partial charge in [-0.25, -0.2) is 14.6 Å². The molecule has 4 rings (SSSR count). The lowest BCUT2D eigenvalue weighted by Gasteiger charge is -2.09. The molecule has 0 aliphatic heterocycles. The van der Waals surface area contributed by atoms with Gasteiger partial charge in [-0.15, -0.1) is 0 Å². The summed E-state index contributed by atoms with van der Waals surface area (Å²) in [5.74, 6) is -1.58. The number of carbonyl (C=O) groups is 3. The molecule has 3 heterocycles. The highest BCUT2D eigenvalue weighted by atomic mass is 35.5. The van der Waals surface area contributed by atoms with Crippen molar-refractivity contribution in [1.29, 1.82) is 0 Å². The Labute approximate surface area is 192 Å². The van der Waals surface area contributed by atoms with Crippen molar-refractivity contribution in [3.05, 3.63) is 93.4 Å². The van der Waals surface area contributed by atoms with Crippen molar-refractivity contribution < 1.29 is 14.4 Å². The number of rotatable bonds is 6. The van der Waals surface area contributed by atoms with Gasteiger partial charge in [-0.3, -0.25) is 29.2 Å². The van der Waals surface area contributed by atoms with Gasteiger partial charge in [0.05, 0.1) is 12.0 Å². The van der Waals surface area contributed by atoms with Crippen LogP contribution in [0.2, 0.25) is 5.02 Å². The summed E-state index contributed by atoms with van der Waals surface area (Å²) in [4.78, 5) is 58.6. The highest BCUT2D eigenvalue weighted by Crippen LogP contribution is 2.14. The quantitative estimate of drug-likeness (QED) is 0.439. The van der Waals surface area contributed by atoms with Gasteiger partial charge in [-0.05, 0) is 35.9 Å². The van der Waals surface area contributed by atoms with Crippen molar-refractivity contribution in [2.45, 2.75) is 19.8 Å². The molecule has 1 N–H and O–H groups in total. The Bertz CT molecular complexity index is 1440. The second kappa shape index (κ2) is 9.17. The second-order valence-corrected chi connectivity index (χ2v) is 7.61. The zero-order chi connectivity index (χ0) is 23.5. The summed E-state index contributed by atoms with van der Waals surface area (Å²) in [6.45, 7) is 1.72. The third-order valence-corrected chi connectivity index (χ3v) is 5.17. The van der Waals surface area contributed by atoms with Crippen molar-refractivity contribution in [2.24, 2.45) is 0 Å². The molecule has 0 bridgehead atoms. The summed E-state index contributed by atoms with van der Waals surface area (Å²) in [6, 6.07) is 11.2. The van der Waals surface area contributed by atoms with Crippen LogP contribution in [0.5, 0.6) is 0 Å². The molecule has 3 aromatic heterocycles. The van der Waals surface area contributed by atoms with E-state index in [9.17, 15) is 19.2 Å². The Kier molecular flexibility index (Phi) is 6.14. The Balaban J connectivity index is 1.59. The van der Waals surface area contributed by atoms with Crippen LogP contribution in [0, 0.1) is 0 Å². The Morgan fingerprint density at radius 3 is 2.55 bits per heavy atom. The SMILES string of the molecule is CCC(=O)n1ccc2cnc(C(=O)c3cccn(NC(=O)Cc4ccc(Cl)cc4)c3=O)nc21. The minimum atomic E-state index is -0.726. The largest absolute Gasteiger partial charge is 0.285 e. The van der Waals surface area contributed by atoms with Crippen molar-refractivity contribution in [3.63, 3.8) is 0 Å². The third-order valence-electron chi connectivity index (χ3n) is 4.92.